The molecule has 0 aromatic heterocycles. The number of ether oxygens (including phenoxy) is 1. The Morgan fingerprint density at radius 3 is 2.22 bits per heavy atom. The van der Waals surface area contributed by atoms with Gasteiger partial charge in [0.2, 0.25) is 0 Å². The first kappa shape index (κ1) is 12.7. The number of rotatable bonds is 5. The van der Waals surface area contributed by atoms with Gasteiger partial charge in [-0.25, -0.2) is 0 Å². The Balaban J connectivity index is 2.12. The van der Waals surface area contributed by atoms with Crippen LogP contribution in [0.3, 0.4) is 0 Å². The zero-order valence-corrected chi connectivity index (χ0v) is 10.5. The molecule has 2 nitrogen and oxygen atoms in total. The largest absolute Gasteiger partial charge is 0.497 e. The Labute approximate surface area is 108 Å². The highest BCUT2D eigenvalue weighted by molar-refractivity contribution is 5.31. The minimum Gasteiger partial charge on any atom is -0.497 e. The van der Waals surface area contributed by atoms with E-state index in [9.17, 15) is 5.11 Å². The van der Waals surface area contributed by atoms with Crippen LogP contribution >= 0.6 is 0 Å². The lowest BCUT2D eigenvalue weighted by Crippen LogP contribution is -2.07. The molecule has 1 atom stereocenters. The van der Waals surface area contributed by atoms with Gasteiger partial charge in [-0.2, -0.15) is 0 Å². The van der Waals surface area contributed by atoms with Gasteiger partial charge >= 0.3 is 0 Å². The van der Waals surface area contributed by atoms with Crippen molar-refractivity contribution >= 4 is 0 Å². The van der Waals surface area contributed by atoms with Crippen LogP contribution in [0.25, 0.3) is 0 Å². The van der Waals surface area contributed by atoms with E-state index in [1.165, 1.54) is 5.56 Å². The van der Waals surface area contributed by atoms with Gasteiger partial charge < -0.3 is 9.84 Å². The Morgan fingerprint density at radius 1 is 1.00 bits per heavy atom. The highest BCUT2D eigenvalue weighted by Gasteiger charge is 2.11. The van der Waals surface area contributed by atoms with Crippen LogP contribution in [-0.4, -0.2) is 18.8 Å². The molecule has 0 spiro atoms. The molecule has 0 aliphatic rings. The molecule has 0 amide bonds. The van der Waals surface area contributed by atoms with Crippen molar-refractivity contribution in [2.24, 2.45) is 0 Å². The Morgan fingerprint density at radius 2 is 1.67 bits per heavy atom. The Bertz CT molecular complexity index is 462. The molecular formula is C16H18O2. The van der Waals surface area contributed by atoms with E-state index in [0.29, 0.717) is 0 Å². The van der Waals surface area contributed by atoms with Crippen LogP contribution in [-0.2, 0) is 6.42 Å². The summed E-state index contributed by atoms with van der Waals surface area (Å²) in [6.45, 7) is 0.154. The van der Waals surface area contributed by atoms with Crippen molar-refractivity contribution in [2.45, 2.75) is 12.3 Å². The Kier molecular flexibility index (Phi) is 4.37. The second-order valence-corrected chi connectivity index (χ2v) is 4.34. The summed E-state index contributed by atoms with van der Waals surface area (Å²) in [5.41, 5.74) is 2.38. The minimum atomic E-state index is 0.137. The molecule has 0 saturated heterocycles. The molecular weight excluding hydrogens is 224 g/mol. The Hall–Kier alpha value is -1.80. The van der Waals surface area contributed by atoms with Crippen LogP contribution < -0.4 is 4.74 Å². The normalized spacial score (nSPS) is 12.1. The third kappa shape index (κ3) is 3.11. The monoisotopic (exact) mass is 242 g/mol. The quantitative estimate of drug-likeness (QED) is 0.873. The van der Waals surface area contributed by atoms with Gasteiger partial charge in [0.15, 0.2) is 0 Å². The van der Waals surface area contributed by atoms with Crippen molar-refractivity contribution < 1.29 is 9.84 Å². The molecule has 0 aliphatic heterocycles. The molecule has 1 unspecified atom stereocenters. The topological polar surface area (TPSA) is 29.5 Å². The molecule has 94 valence electrons. The van der Waals surface area contributed by atoms with E-state index in [4.69, 9.17) is 4.74 Å². The number of aliphatic hydroxyl groups is 1. The number of hydrogen-bond acceptors (Lipinski definition) is 2. The fourth-order valence-electron chi connectivity index (χ4n) is 2.06. The molecule has 0 radical (unpaired) electrons. The van der Waals surface area contributed by atoms with Crippen LogP contribution in [0.4, 0.5) is 0 Å². The van der Waals surface area contributed by atoms with E-state index in [1.54, 1.807) is 7.11 Å². The lowest BCUT2D eigenvalue weighted by atomic mass is 9.93. The second-order valence-electron chi connectivity index (χ2n) is 4.34. The lowest BCUT2D eigenvalue weighted by molar-refractivity contribution is 0.264. The molecule has 2 heteroatoms. The van der Waals surface area contributed by atoms with Crippen LogP contribution in [0.5, 0.6) is 5.75 Å². The van der Waals surface area contributed by atoms with E-state index in [2.05, 4.69) is 12.1 Å². The van der Waals surface area contributed by atoms with Gasteiger partial charge in [0, 0.05) is 5.92 Å². The maximum atomic E-state index is 9.54. The maximum absolute atomic E-state index is 9.54. The summed E-state index contributed by atoms with van der Waals surface area (Å²) in [4.78, 5) is 0. The first-order chi connectivity index (χ1) is 8.83. The molecule has 18 heavy (non-hydrogen) atoms. The first-order valence-corrected chi connectivity index (χ1v) is 6.12. The molecule has 0 bridgehead atoms. The molecule has 0 heterocycles. The van der Waals surface area contributed by atoms with Gasteiger partial charge in [-0.15, -0.1) is 0 Å². The van der Waals surface area contributed by atoms with Crippen molar-refractivity contribution in [1.29, 1.82) is 0 Å². The second kappa shape index (κ2) is 6.22. The average molecular weight is 242 g/mol. The molecule has 0 saturated carbocycles. The number of methoxy groups -OCH3 is 1. The molecule has 1 N–H and O–H groups in total. The molecule has 2 rings (SSSR count). The van der Waals surface area contributed by atoms with Crippen LogP contribution in [0.15, 0.2) is 54.6 Å². The molecule has 2 aromatic rings. The summed E-state index contributed by atoms with van der Waals surface area (Å²) >= 11 is 0. The van der Waals surface area contributed by atoms with Crippen LogP contribution in [0.2, 0.25) is 0 Å². The number of hydrogen-bond donors (Lipinski definition) is 1. The zero-order chi connectivity index (χ0) is 12.8. The highest BCUT2D eigenvalue weighted by Crippen LogP contribution is 2.22. The summed E-state index contributed by atoms with van der Waals surface area (Å²) < 4.78 is 5.14. The predicted molar refractivity (Wildman–Crippen MR) is 73.0 cm³/mol. The summed E-state index contributed by atoms with van der Waals surface area (Å²) in [5, 5.41) is 9.54. The van der Waals surface area contributed by atoms with Crippen molar-refractivity contribution in [3.63, 3.8) is 0 Å². The maximum Gasteiger partial charge on any atom is 0.118 e. The van der Waals surface area contributed by atoms with Gasteiger partial charge in [-0.1, -0.05) is 42.5 Å². The summed E-state index contributed by atoms with van der Waals surface area (Å²) in [6, 6.07) is 18.1. The molecule has 2 aromatic carbocycles. The van der Waals surface area contributed by atoms with Gasteiger partial charge in [0.1, 0.15) is 5.75 Å². The number of benzene rings is 2. The highest BCUT2D eigenvalue weighted by atomic mass is 16.5. The molecule has 0 fully saturated rings. The predicted octanol–water partition coefficient (Wildman–Crippen LogP) is 3.01. The smallest absolute Gasteiger partial charge is 0.118 e. The van der Waals surface area contributed by atoms with Crippen LogP contribution in [0.1, 0.15) is 17.0 Å². The summed E-state index contributed by atoms with van der Waals surface area (Å²) in [7, 11) is 1.66. The summed E-state index contributed by atoms with van der Waals surface area (Å²) in [6.07, 6.45) is 0.851. The SMILES string of the molecule is COc1ccc(C(CO)Cc2ccccc2)cc1. The van der Waals surface area contributed by atoms with Crippen molar-refractivity contribution in [3.05, 3.63) is 65.7 Å². The first-order valence-electron chi connectivity index (χ1n) is 6.12. The fourth-order valence-corrected chi connectivity index (χ4v) is 2.06. The lowest BCUT2D eigenvalue weighted by Gasteiger charge is -2.15. The molecule has 0 aliphatic carbocycles. The van der Waals surface area contributed by atoms with E-state index in [0.717, 1.165) is 17.7 Å². The number of aliphatic hydroxyl groups excluding tert-OH is 1. The van der Waals surface area contributed by atoms with Gasteiger partial charge in [-0.3, -0.25) is 0 Å². The zero-order valence-electron chi connectivity index (χ0n) is 10.5. The van der Waals surface area contributed by atoms with Gasteiger partial charge in [0.25, 0.3) is 0 Å². The summed E-state index contributed by atoms with van der Waals surface area (Å²) in [5.74, 6) is 0.980. The average Bonchev–Trinajstić information content (AvgIpc) is 2.46. The third-order valence-corrected chi connectivity index (χ3v) is 3.13. The van der Waals surface area contributed by atoms with E-state index >= 15 is 0 Å². The van der Waals surface area contributed by atoms with Crippen molar-refractivity contribution in [1.82, 2.24) is 0 Å². The van der Waals surface area contributed by atoms with Gasteiger partial charge in [-0.05, 0) is 29.7 Å². The van der Waals surface area contributed by atoms with Crippen molar-refractivity contribution in [3.8, 4) is 5.75 Å². The van der Waals surface area contributed by atoms with Crippen molar-refractivity contribution in [2.75, 3.05) is 13.7 Å². The van der Waals surface area contributed by atoms with Gasteiger partial charge in [0.05, 0.1) is 13.7 Å². The minimum absolute atomic E-state index is 0.137. The van der Waals surface area contributed by atoms with Crippen LogP contribution in [0, 0.1) is 0 Å². The third-order valence-electron chi connectivity index (χ3n) is 3.13. The fraction of sp³-hybridized carbons (Fsp3) is 0.250. The van der Waals surface area contributed by atoms with E-state index in [-0.39, 0.29) is 12.5 Å². The van der Waals surface area contributed by atoms with E-state index < -0.39 is 0 Å². The van der Waals surface area contributed by atoms with E-state index in [1.807, 2.05) is 42.5 Å². The standard InChI is InChI=1S/C16H18O2/c1-18-16-9-7-14(8-10-16)15(12-17)11-13-5-3-2-4-6-13/h2-10,15,17H,11-12H2,1H3.